The van der Waals surface area contributed by atoms with Crippen molar-refractivity contribution in [1.29, 1.82) is 0 Å². The molecule has 0 bridgehead atoms. The van der Waals surface area contributed by atoms with Crippen molar-refractivity contribution in [2.24, 2.45) is 0 Å². The van der Waals surface area contributed by atoms with E-state index in [1.807, 2.05) is 0 Å². The fourth-order valence-electron chi connectivity index (χ4n) is 2.23. The van der Waals surface area contributed by atoms with Crippen LogP contribution < -0.4 is 10.1 Å². The molecule has 8 heteroatoms. The highest BCUT2D eigenvalue weighted by atomic mass is 32.2. The smallest absolute Gasteiger partial charge is 0.282 e. The first kappa shape index (κ1) is 16.0. The molecule has 2 N–H and O–H groups in total. The highest BCUT2D eigenvalue weighted by Gasteiger charge is 2.28. The summed E-state index contributed by atoms with van der Waals surface area (Å²) in [5.41, 5.74) is 0.755. The molecular weight excluding hydrogens is 294 g/mol. The molecular formula is C13H21N3O4S. The zero-order chi connectivity index (χ0) is 15.5. The molecule has 7 nitrogen and oxygen atoms in total. The molecule has 0 amide bonds. The first-order valence-corrected chi connectivity index (χ1v) is 8.13. The summed E-state index contributed by atoms with van der Waals surface area (Å²) < 4.78 is 32.7. The van der Waals surface area contributed by atoms with E-state index >= 15 is 0 Å². The third-order valence-electron chi connectivity index (χ3n) is 3.45. The van der Waals surface area contributed by atoms with E-state index in [-0.39, 0.29) is 12.3 Å². The summed E-state index contributed by atoms with van der Waals surface area (Å²) in [6.07, 6.45) is 0. The Hall–Kier alpha value is -1.35. The number of nitrogens with one attached hydrogen (secondary N) is 1. The Morgan fingerprint density at radius 2 is 2.05 bits per heavy atom. The van der Waals surface area contributed by atoms with Crippen molar-refractivity contribution in [1.82, 2.24) is 13.9 Å². The number of phenolic OH excluding ortho intramolecular Hbond substituents is 1. The van der Waals surface area contributed by atoms with Crippen LogP contribution in [0.3, 0.4) is 0 Å². The molecule has 1 saturated heterocycles. The van der Waals surface area contributed by atoms with Gasteiger partial charge in [0.2, 0.25) is 0 Å². The van der Waals surface area contributed by atoms with Crippen LogP contribution in [0.4, 0.5) is 0 Å². The molecule has 0 unspecified atom stereocenters. The molecule has 0 aliphatic carbocycles. The fourth-order valence-corrected chi connectivity index (χ4v) is 3.58. The van der Waals surface area contributed by atoms with Gasteiger partial charge < -0.3 is 15.2 Å². The molecule has 0 atom stereocenters. The average molecular weight is 315 g/mol. The number of aromatic hydroxyl groups is 1. The minimum absolute atomic E-state index is 0.0360. The Kier molecular flexibility index (Phi) is 5.04. The van der Waals surface area contributed by atoms with Gasteiger partial charge in [-0.15, -0.1) is 0 Å². The van der Waals surface area contributed by atoms with Crippen LogP contribution in [-0.2, 0) is 16.8 Å². The van der Waals surface area contributed by atoms with E-state index in [0.29, 0.717) is 31.9 Å². The SMILES string of the molecule is COc1cc(CN(C)S(=O)(=O)N2CCNCC2)ccc1O. The van der Waals surface area contributed by atoms with E-state index in [4.69, 9.17) is 4.74 Å². The minimum Gasteiger partial charge on any atom is -0.504 e. The number of methoxy groups -OCH3 is 1. The van der Waals surface area contributed by atoms with Gasteiger partial charge in [-0.25, -0.2) is 0 Å². The van der Waals surface area contributed by atoms with Crippen LogP contribution in [0.2, 0.25) is 0 Å². The van der Waals surface area contributed by atoms with Crippen molar-refractivity contribution >= 4 is 10.2 Å². The molecule has 1 aliphatic rings. The zero-order valence-corrected chi connectivity index (χ0v) is 13.1. The third-order valence-corrected chi connectivity index (χ3v) is 5.38. The van der Waals surface area contributed by atoms with Crippen LogP contribution in [0.1, 0.15) is 5.56 Å². The summed E-state index contributed by atoms with van der Waals surface area (Å²) in [7, 11) is -0.456. The van der Waals surface area contributed by atoms with Gasteiger partial charge in [-0.2, -0.15) is 17.0 Å². The first-order chi connectivity index (χ1) is 9.95. The van der Waals surface area contributed by atoms with Crippen LogP contribution in [0.15, 0.2) is 18.2 Å². The monoisotopic (exact) mass is 315 g/mol. The molecule has 1 aromatic rings. The van der Waals surface area contributed by atoms with E-state index in [1.54, 1.807) is 19.2 Å². The number of nitrogens with zero attached hydrogens (tertiary/aromatic N) is 2. The van der Waals surface area contributed by atoms with Crippen molar-refractivity contribution in [2.75, 3.05) is 40.3 Å². The van der Waals surface area contributed by atoms with E-state index < -0.39 is 10.2 Å². The number of rotatable bonds is 5. The molecule has 0 saturated carbocycles. The Morgan fingerprint density at radius 1 is 1.38 bits per heavy atom. The van der Waals surface area contributed by atoms with Gasteiger partial charge in [-0.3, -0.25) is 0 Å². The van der Waals surface area contributed by atoms with Gasteiger partial charge in [-0.05, 0) is 17.7 Å². The number of benzene rings is 1. The predicted molar refractivity (Wildman–Crippen MR) is 79.5 cm³/mol. The van der Waals surface area contributed by atoms with E-state index in [2.05, 4.69) is 5.32 Å². The molecule has 21 heavy (non-hydrogen) atoms. The van der Waals surface area contributed by atoms with Crippen LogP contribution in [0.5, 0.6) is 11.5 Å². The number of hydrogen-bond acceptors (Lipinski definition) is 5. The molecule has 1 fully saturated rings. The van der Waals surface area contributed by atoms with Gasteiger partial charge >= 0.3 is 0 Å². The maximum atomic E-state index is 12.5. The molecule has 2 rings (SSSR count). The van der Waals surface area contributed by atoms with Crippen molar-refractivity contribution < 1.29 is 18.3 Å². The fraction of sp³-hybridized carbons (Fsp3) is 0.538. The molecule has 1 aliphatic heterocycles. The standard InChI is InChI=1S/C13H21N3O4S/c1-15(21(18,19)16-7-5-14-6-8-16)10-11-3-4-12(17)13(9-11)20-2/h3-4,9,14,17H,5-8,10H2,1-2H3. The summed E-state index contributed by atoms with van der Waals surface area (Å²) in [5, 5.41) is 12.7. The van der Waals surface area contributed by atoms with Crippen molar-refractivity contribution in [3.63, 3.8) is 0 Å². The molecule has 1 aromatic carbocycles. The lowest BCUT2D eigenvalue weighted by Gasteiger charge is -2.30. The second-order valence-corrected chi connectivity index (χ2v) is 6.95. The first-order valence-electron chi connectivity index (χ1n) is 6.73. The zero-order valence-electron chi connectivity index (χ0n) is 12.2. The summed E-state index contributed by atoms with van der Waals surface area (Å²) >= 11 is 0. The van der Waals surface area contributed by atoms with Gasteiger partial charge in [0.15, 0.2) is 11.5 Å². The third kappa shape index (κ3) is 3.65. The summed E-state index contributed by atoms with van der Waals surface area (Å²) in [5.74, 6) is 0.370. The Morgan fingerprint density at radius 3 is 2.67 bits per heavy atom. The van der Waals surface area contributed by atoms with Gasteiger partial charge in [0, 0.05) is 39.8 Å². The Balaban J connectivity index is 2.11. The van der Waals surface area contributed by atoms with E-state index in [1.165, 1.54) is 21.8 Å². The predicted octanol–water partition coefficient (Wildman–Crippen LogP) is -0.0174. The summed E-state index contributed by atoms with van der Waals surface area (Å²) in [6, 6.07) is 4.82. The number of hydrogen-bond donors (Lipinski definition) is 2. The average Bonchev–Trinajstić information content (AvgIpc) is 2.50. The summed E-state index contributed by atoms with van der Waals surface area (Å²) in [6.45, 7) is 2.51. The van der Waals surface area contributed by atoms with Crippen LogP contribution in [0, 0.1) is 0 Å². The molecule has 1 heterocycles. The molecule has 0 radical (unpaired) electrons. The van der Waals surface area contributed by atoms with Crippen molar-refractivity contribution in [3.8, 4) is 11.5 Å². The van der Waals surface area contributed by atoms with Gasteiger partial charge in [0.05, 0.1) is 7.11 Å². The lowest BCUT2D eigenvalue weighted by molar-refractivity contribution is 0.324. The normalized spacial score (nSPS) is 17.1. The highest BCUT2D eigenvalue weighted by Crippen LogP contribution is 2.27. The minimum atomic E-state index is -3.47. The highest BCUT2D eigenvalue weighted by molar-refractivity contribution is 7.86. The van der Waals surface area contributed by atoms with E-state index in [9.17, 15) is 13.5 Å². The lowest BCUT2D eigenvalue weighted by atomic mass is 10.2. The van der Waals surface area contributed by atoms with Gasteiger partial charge in [0.1, 0.15) is 0 Å². The van der Waals surface area contributed by atoms with Crippen molar-refractivity contribution in [3.05, 3.63) is 23.8 Å². The van der Waals surface area contributed by atoms with Crippen LogP contribution in [0.25, 0.3) is 0 Å². The Labute approximate surface area is 125 Å². The topological polar surface area (TPSA) is 82.1 Å². The molecule has 0 spiro atoms. The van der Waals surface area contributed by atoms with E-state index in [0.717, 1.165) is 5.56 Å². The molecule has 118 valence electrons. The maximum Gasteiger partial charge on any atom is 0.282 e. The van der Waals surface area contributed by atoms with Crippen LogP contribution >= 0.6 is 0 Å². The maximum absolute atomic E-state index is 12.5. The number of phenols is 1. The van der Waals surface area contributed by atoms with Gasteiger partial charge in [-0.1, -0.05) is 6.07 Å². The Bertz CT molecular complexity index is 585. The molecule has 0 aromatic heterocycles. The lowest BCUT2D eigenvalue weighted by Crippen LogP contribution is -2.50. The van der Waals surface area contributed by atoms with Crippen LogP contribution in [-0.4, -0.2) is 62.5 Å². The summed E-state index contributed by atoms with van der Waals surface area (Å²) in [4.78, 5) is 0. The number of ether oxygens (including phenoxy) is 1. The quantitative estimate of drug-likeness (QED) is 0.798. The second kappa shape index (κ2) is 6.61. The van der Waals surface area contributed by atoms with Gasteiger partial charge in [0.25, 0.3) is 10.2 Å². The second-order valence-electron chi connectivity index (χ2n) is 4.92. The van der Waals surface area contributed by atoms with Crippen molar-refractivity contribution in [2.45, 2.75) is 6.54 Å². The largest absolute Gasteiger partial charge is 0.504 e. The number of piperazine rings is 1.